The van der Waals surface area contributed by atoms with Crippen LogP contribution in [0, 0.1) is 6.92 Å². The number of aliphatic hydroxyl groups excluding tert-OH is 1. The van der Waals surface area contributed by atoms with E-state index < -0.39 is 0 Å². The van der Waals surface area contributed by atoms with Gasteiger partial charge in [0.1, 0.15) is 0 Å². The number of hydrogen-bond donors (Lipinski definition) is 2. The highest BCUT2D eigenvalue weighted by atomic mass is 35.5. The molecule has 0 saturated heterocycles. The highest BCUT2D eigenvalue weighted by Crippen LogP contribution is 2.24. The molecule has 2 N–H and O–H groups in total. The molecular weight excluding hydrogens is 246 g/mol. The maximum atomic E-state index is 9.56. The molecule has 1 atom stereocenters. The largest absolute Gasteiger partial charge is 0.394 e. The van der Waals surface area contributed by atoms with Crippen LogP contribution in [0.2, 0.25) is 5.02 Å². The molecule has 1 unspecified atom stereocenters. The Balaban J connectivity index is 2.04. The molecule has 2 rings (SSSR count). The molecule has 0 bridgehead atoms. The van der Waals surface area contributed by atoms with E-state index in [1.165, 1.54) is 32.1 Å². The van der Waals surface area contributed by atoms with Gasteiger partial charge in [0.25, 0.3) is 0 Å². The molecule has 0 aromatic heterocycles. The molecule has 3 heteroatoms. The number of rotatable bonds is 4. The first-order valence-corrected chi connectivity index (χ1v) is 7.21. The highest BCUT2D eigenvalue weighted by Gasteiger charge is 2.18. The fourth-order valence-corrected chi connectivity index (χ4v) is 2.82. The fraction of sp³-hybridized carbons (Fsp3) is 0.600. The molecule has 0 amide bonds. The number of aliphatic hydroxyl groups is 1. The first kappa shape index (κ1) is 13.9. The van der Waals surface area contributed by atoms with Gasteiger partial charge in [0, 0.05) is 11.1 Å². The van der Waals surface area contributed by atoms with Crippen molar-refractivity contribution in [3.8, 4) is 0 Å². The summed E-state index contributed by atoms with van der Waals surface area (Å²) in [6.45, 7) is 2.12. The number of benzene rings is 1. The quantitative estimate of drug-likeness (QED) is 0.874. The van der Waals surface area contributed by atoms with Crippen molar-refractivity contribution in [2.75, 3.05) is 6.61 Å². The minimum Gasteiger partial charge on any atom is -0.394 e. The zero-order valence-corrected chi connectivity index (χ0v) is 11.7. The SMILES string of the molecule is Cc1ccc(C(CO)NC2CCCCC2)cc1Cl. The molecule has 1 aliphatic carbocycles. The van der Waals surface area contributed by atoms with Crippen LogP contribution in [0.15, 0.2) is 18.2 Å². The molecule has 0 aliphatic heterocycles. The van der Waals surface area contributed by atoms with Crippen molar-refractivity contribution in [2.45, 2.75) is 51.1 Å². The molecule has 1 aliphatic rings. The van der Waals surface area contributed by atoms with Crippen LogP contribution < -0.4 is 5.32 Å². The first-order chi connectivity index (χ1) is 8.70. The summed E-state index contributed by atoms with van der Waals surface area (Å²) < 4.78 is 0. The second-order valence-corrected chi connectivity index (χ2v) is 5.65. The van der Waals surface area contributed by atoms with Crippen molar-refractivity contribution >= 4 is 11.6 Å². The Morgan fingerprint density at radius 1 is 1.33 bits per heavy atom. The van der Waals surface area contributed by atoms with Crippen molar-refractivity contribution in [1.82, 2.24) is 5.32 Å². The second-order valence-electron chi connectivity index (χ2n) is 5.25. The van der Waals surface area contributed by atoms with Crippen LogP contribution in [-0.4, -0.2) is 17.8 Å². The van der Waals surface area contributed by atoms with E-state index in [-0.39, 0.29) is 12.6 Å². The molecule has 18 heavy (non-hydrogen) atoms. The van der Waals surface area contributed by atoms with Crippen molar-refractivity contribution in [2.24, 2.45) is 0 Å². The monoisotopic (exact) mass is 267 g/mol. The molecule has 1 fully saturated rings. The molecule has 1 saturated carbocycles. The fourth-order valence-electron chi connectivity index (χ4n) is 2.63. The molecule has 100 valence electrons. The lowest BCUT2D eigenvalue weighted by atomic mass is 9.94. The Morgan fingerprint density at radius 3 is 2.67 bits per heavy atom. The summed E-state index contributed by atoms with van der Waals surface area (Å²) in [5.74, 6) is 0. The van der Waals surface area contributed by atoms with E-state index in [0.29, 0.717) is 6.04 Å². The minimum absolute atomic E-state index is 0.00574. The standard InChI is InChI=1S/C15H22ClNO/c1-11-7-8-12(9-14(11)16)15(10-18)17-13-5-3-2-4-6-13/h7-9,13,15,17-18H,2-6,10H2,1H3. The first-order valence-electron chi connectivity index (χ1n) is 6.83. The molecule has 1 aromatic carbocycles. The van der Waals surface area contributed by atoms with Gasteiger partial charge < -0.3 is 10.4 Å². The van der Waals surface area contributed by atoms with Crippen LogP contribution >= 0.6 is 11.6 Å². The summed E-state index contributed by atoms with van der Waals surface area (Å²) in [7, 11) is 0. The van der Waals surface area contributed by atoms with E-state index in [1.54, 1.807) is 0 Å². The second kappa shape index (κ2) is 6.55. The van der Waals surface area contributed by atoms with Crippen molar-refractivity contribution in [1.29, 1.82) is 0 Å². The van der Waals surface area contributed by atoms with Gasteiger partial charge in [-0.1, -0.05) is 43.0 Å². The highest BCUT2D eigenvalue weighted by molar-refractivity contribution is 6.31. The predicted molar refractivity (Wildman–Crippen MR) is 76.0 cm³/mol. The number of nitrogens with one attached hydrogen (secondary N) is 1. The van der Waals surface area contributed by atoms with E-state index in [4.69, 9.17) is 11.6 Å². The van der Waals surface area contributed by atoms with Crippen LogP contribution in [0.5, 0.6) is 0 Å². The third-order valence-corrected chi connectivity index (χ3v) is 4.23. The Kier molecular flexibility index (Phi) is 5.04. The summed E-state index contributed by atoms with van der Waals surface area (Å²) in [5, 5.41) is 13.9. The lowest BCUT2D eigenvalue weighted by Crippen LogP contribution is -2.36. The van der Waals surface area contributed by atoms with Crippen molar-refractivity contribution in [3.05, 3.63) is 34.3 Å². The Hall–Kier alpha value is -0.570. The summed E-state index contributed by atoms with van der Waals surface area (Å²) in [6, 6.07) is 6.58. The molecule has 0 radical (unpaired) electrons. The summed E-state index contributed by atoms with van der Waals surface area (Å²) in [6.07, 6.45) is 6.37. The van der Waals surface area contributed by atoms with Crippen LogP contribution in [-0.2, 0) is 0 Å². The Morgan fingerprint density at radius 2 is 2.06 bits per heavy atom. The summed E-state index contributed by atoms with van der Waals surface area (Å²) >= 11 is 6.15. The van der Waals surface area contributed by atoms with Gasteiger partial charge in [-0.15, -0.1) is 0 Å². The maximum absolute atomic E-state index is 9.56. The van der Waals surface area contributed by atoms with Gasteiger partial charge in [-0.25, -0.2) is 0 Å². The van der Waals surface area contributed by atoms with Crippen LogP contribution in [0.4, 0.5) is 0 Å². The van der Waals surface area contributed by atoms with E-state index in [9.17, 15) is 5.11 Å². The topological polar surface area (TPSA) is 32.3 Å². The lowest BCUT2D eigenvalue weighted by Gasteiger charge is -2.28. The van der Waals surface area contributed by atoms with Gasteiger partial charge in [0.05, 0.1) is 12.6 Å². The third kappa shape index (κ3) is 3.47. The average molecular weight is 268 g/mol. The molecule has 1 aromatic rings. The summed E-state index contributed by atoms with van der Waals surface area (Å²) in [4.78, 5) is 0. The predicted octanol–water partition coefficient (Wildman–Crippen LogP) is 3.60. The molecule has 2 nitrogen and oxygen atoms in total. The van der Waals surface area contributed by atoms with Crippen LogP contribution in [0.25, 0.3) is 0 Å². The van der Waals surface area contributed by atoms with E-state index in [2.05, 4.69) is 11.4 Å². The van der Waals surface area contributed by atoms with Gasteiger partial charge in [-0.3, -0.25) is 0 Å². The minimum atomic E-state index is 0.00574. The number of halogens is 1. The number of aryl methyl sites for hydroxylation is 1. The maximum Gasteiger partial charge on any atom is 0.0626 e. The third-order valence-electron chi connectivity index (χ3n) is 3.82. The number of hydrogen-bond acceptors (Lipinski definition) is 2. The molecular formula is C15H22ClNO. The van der Waals surface area contributed by atoms with Crippen LogP contribution in [0.1, 0.15) is 49.3 Å². The van der Waals surface area contributed by atoms with Gasteiger partial charge in [-0.05, 0) is 37.0 Å². The van der Waals surface area contributed by atoms with E-state index >= 15 is 0 Å². The van der Waals surface area contributed by atoms with Crippen LogP contribution in [0.3, 0.4) is 0 Å². The zero-order valence-electron chi connectivity index (χ0n) is 11.0. The van der Waals surface area contributed by atoms with Gasteiger partial charge in [0.2, 0.25) is 0 Å². The normalized spacial score (nSPS) is 18.8. The Labute approximate surface area is 114 Å². The van der Waals surface area contributed by atoms with E-state index in [0.717, 1.165) is 16.1 Å². The average Bonchev–Trinajstić information content (AvgIpc) is 2.40. The van der Waals surface area contributed by atoms with Crippen molar-refractivity contribution in [3.63, 3.8) is 0 Å². The molecule has 0 spiro atoms. The Bertz CT molecular complexity index is 388. The van der Waals surface area contributed by atoms with E-state index in [1.807, 2.05) is 19.1 Å². The lowest BCUT2D eigenvalue weighted by molar-refractivity contribution is 0.220. The molecule has 0 heterocycles. The van der Waals surface area contributed by atoms with Gasteiger partial charge in [0.15, 0.2) is 0 Å². The zero-order chi connectivity index (χ0) is 13.0. The van der Waals surface area contributed by atoms with Gasteiger partial charge in [-0.2, -0.15) is 0 Å². The summed E-state index contributed by atoms with van der Waals surface area (Å²) in [5.41, 5.74) is 2.16. The van der Waals surface area contributed by atoms with Gasteiger partial charge >= 0.3 is 0 Å². The van der Waals surface area contributed by atoms with Crippen molar-refractivity contribution < 1.29 is 5.11 Å². The smallest absolute Gasteiger partial charge is 0.0626 e.